The van der Waals surface area contributed by atoms with Crippen molar-refractivity contribution in [1.29, 1.82) is 5.26 Å². The zero-order chi connectivity index (χ0) is 16.8. The highest BCUT2D eigenvalue weighted by molar-refractivity contribution is 7.99. The number of aromatic nitrogens is 3. The summed E-state index contributed by atoms with van der Waals surface area (Å²) in [6.45, 7) is 2.48. The molecule has 0 radical (unpaired) electrons. The Bertz CT molecular complexity index is 808. The van der Waals surface area contributed by atoms with Gasteiger partial charge in [0.25, 0.3) is 0 Å². The molecule has 2 rings (SSSR count). The third-order valence-electron chi connectivity index (χ3n) is 2.88. The van der Waals surface area contributed by atoms with E-state index in [9.17, 15) is 9.59 Å². The van der Waals surface area contributed by atoms with Crippen LogP contribution in [0.2, 0.25) is 5.02 Å². The average molecular weight is 352 g/mol. The molecule has 0 saturated heterocycles. The zero-order valence-electron chi connectivity index (χ0n) is 12.3. The van der Waals surface area contributed by atoms with Gasteiger partial charge in [0, 0.05) is 11.6 Å². The lowest BCUT2D eigenvalue weighted by atomic mass is 10.2. The van der Waals surface area contributed by atoms with E-state index >= 15 is 0 Å². The summed E-state index contributed by atoms with van der Waals surface area (Å²) in [7, 11) is 0. The van der Waals surface area contributed by atoms with Gasteiger partial charge >= 0.3 is 5.69 Å². The van der Waals surface area contributed by atoms with Gasteiger partial charge in [-0.05, 0) is 24.6 Å². The molecule has 0 atom stereocenters. The lowest BCUT2D eigenvalue weighted by Gasteiger charge is -2.07. The van der Waals surface area contributed by atoms with Gasteiger partial charge in [-0.1, -0.05) is 30.3 Å². The lowest BCUT2D eigenvalue weighted by molar-refractivity contribution is -0.113. The maximum atomic E-state index is 12.0. The fourth-order valence-electron chi connectivity index (χ4n) is 1.87. The Morgan fingerprint density at radius 1 is 1.57 bits per heavy atom. The van der Waals surface area contributed by atoms with E-state index < -0.39 is 0 Å². The van der Waals surface area contributed by atoms with E-state index in [-0.39, 0.29) is 17.3 Å². The van der Waals surface area contributed by atoms with Crippen LogP contribution in [-0.4, -0.2) is 26.4 Å². The number of hydrogen-bond donors (Lipinski definition) is 2. The normalized spacial score (nSPS) is 10.3. The van der Waals surface area contributed by atoms with Gasteiger partial charge in [0.15, 0.2) is 5.16 Å². The monoisotopic (exact) mass is 351 g/mol. The molecule has 7 nitrogen and oxygen atoms in total. The van der Waals surface area contributed by atoms with Crippen LogP contribution < -0.4 is 11.0 Å². The minimum absolute atomic E-state index is 0.0609. The molecule has 23 heavy (non-hydrogen) atoms. The Morgan fingerprint density at radius 2 is 2.35 bits per heavy atom. The number of nitrogens with one attached hydrogen (secondary N) is 2. The van der Waals surface area contributed by atoms with Crippen molar-refractivity contribution in [2.75, 3.05) is 11.1 Å². The average Bonchev–Trinajstić information content (AvgIpc) is 2.87. The summed E-state index contributed by atoms with van der Waals surface area (Å²) in [5.74, 6) is -0.252. The molecule has 1 aromatic carbocycles. The third-order valence-corrected chi connectivity index (χ3v) is 4.09. The SMILES string of the molecule is CCCn1c(SCC(=O)Nc2cc(Cl)ccc2C#N)n[nH]c1=O. The van der Waals surface area contributed by atoms with E-state index in [0.29, 0.717) is 28.0 Å². The van der Waals surface area contributed by atoms with Gasteiger partial charge in [-0.3, -0.25) is 9.36 Å². The van der Waals surface area contributed by atoms with Crippen molar-refractivity contribution in [3.05, 3.63) is 39.3 Å². The molecule has 0 aliphatic rings. The molecular formula is C14H14ClN5O2S. The first-order chi connectivity index (χ1) is 11.0. The zero-order valence-corrected chi connectivity index (χ0v) is 13.9. The number of carbonyl (C=O) groups excluding carboxylic acids is 1. The van der Waals surface area contributed by atoms with Crippen molar-refractivity contribution in [3.63, 3.8) is 0 Å². The van der Waals surface area contributed by atoms with Crippen LogP contribution in [-0.2, 0) is 11.3 Å². The second kappa shape index (κ2) is 7.85. The fourth-order valence-corrected chi connectivity index (χ4v) is 2.81. The highest BCUT2D eigenvalue weighted by Crippen LogP contribution is 2.21. The second-order valence-corrected chi connectivity index (χ2v) is 5.98. The number of benzene rings is 1. The summed E-state index contributed by atoms with van der Waals surface area (Å²) in [5.41, 5.74) is 0.394. The van der Waals surface area contributed by atoms with Gasteiger partial charge in [0.05, 0.1) is 17.0 Å². The van der Waals surface area contributed by atoms with Crippen LogP contribution in [0.3, 0.4) is 0 Å². The molecule has 1 amide bonds. The van der Waals surface area contributed by atoms with Crippen LogP contribution in [0.25, 0.3) is 0 Å². The Labute approximate surface area is 141 Å². The van der Waals surface area contributed by atoms with Gasteiger partial charge in [-0.25, -0.2) is 9.89 Å². The van der Waals surface area contributed by atoms with E-state index in [0.717, 1.165) is 18.2 Å². The van der Waals surface area contributed by atoms with Crippen molar-refractivity contribution in [1.82, 2.24) is 14.8 Å². The number of H-pyrrole nitrogens is 1. The Morgan fingerprint density at radius 3 is 3.04 bits per heavy atom. The summed E-state index contributed by atoms with van der Waals surface area (Å²) >= 11 is 7.02. The minimum atomic E-state index is -0.313. The molecule has 0 spiro atoms. The maximum Gasteiger partial charge on any atom is 0.343 e. The molecule has 0 saturated carbocycles. The lowest BCUT2D eigenvalue weighted by Crippen LogP contribution is -2.19. The number of thioether (sulfide) groups is 1. The van der Waals surface area contributed by atoms with Gasteiger partial charge in [-0.2, -0.15) is 5.26 Å². The van der Waals surface area contributed by atoms with Crippen LogP contribution in [0.15, 0.2) is 28.2 Å². The van der Waals surface area contributed by atoms with Crippen molar-refractivity contribution in [3.8, 4) is 6.07 Å². The highest BCUT2D eigenvalue weighted by Gasteiger charge is 2.12. The number of aromatic amines is 1. The molecule has 1 aromatic heterocycles. The van der Waals surface area contributed by atoms with E-state index in [1.54, 1.807) is 6.07 Å². The minimum Gasteiger partial charge on any atom is -0.324 e. The number of nitrogens with zero attached hydrogens (tertiary/aromatic N) is 3. The molecular weight excluding hydrogens is 338 g/mol. The molecule has 2 N–H and O–H groups in total. The van der Waals surface area contributed by atoms with Gasteiger partial charge in [0.2, 0.25) is 5.91 Å². The Hall–Kier alpha value is -2.24. The molecule has 1 heterocycles. The molecule has 9 heteroatoms. The van der Waals surface area contributed by atoms with Crippen LogP contribution in [0.1, 0.15) is 18.9 Å². The van der Waals surface area contributed by atoms with Crippen LogP contribution in [0.4, 0.5) is 5.69 Å². The molecule has 0 aliphatic carbocycles. The quantitative estimate of drug-likeness (QED) is 0.777. The van der Waals surface area contributed by atoms with Crippen LogP contribution in [0, 0.1) is 11.3 Å². The van der Waals surface area contributed by atoms with Gasteiger partial charge in [-0.15, -0.1) is 5.10 Å². The largest absolute Gasteiger partial charge is 0.343 e. The molecule has 0 fully saturated rings. The van der Waals surface area contributed by atoms with E-state index in [1.165, 1.54) is 16.7 Å². The summed E-state index contributed by atoms with van der Waals surface area (Å²) in [6, 6.07) is 6.63. The van der Waals surface area contributed by atoms with Gasteiger partial charge in [0.1, 0.15) is 6.07 Å². The molecule has 0 bridgehead atoms. The first-order valence-corrected chi connectivity index (χ1v) is 8.19. The fraction of sp³-hybridized carbons (Fsp3) is 0.286. The van der Waals surface area contributed by atoms with Crippen molar-refractivity contribution in [2.24, 2.45) is 0 Å². The number of rotatable bonds is 6. The Balaban J connectivity index is 2.03. The van der Waals surface area contributed by atoms with Crippen molar-refractivity contribution >= 4 is 35.0 Å². The number of nitriles is 1. The second-order valence-electron chi connectivity index (χ2n) is 4.60. The third kappa shape index (κ3) is 4.37. The predicted molar refractivity (Wildman–Crippen MR) is 88.7 cm³/mol. The van der Waals surface area contributed by atoms with E-state index in [2.05, 4.69) is 15.5 Å². The number of hydrogen-bond acceptors (Lipinski definition) is 5. The maximum absolute atomic E-state index is 12.0. The smallest absolute Gasteiger partial charge is 0.324 e. The molecule has 120 valence electrons. The highest BCUT2D eigenvalue weighted by atomic mass is 35.5. The first kappa shape index (κ1) is 17.1. The molecule has 0 unspecified atom stereocenters. The number of anilines is 1. The topological polar surface area (TPSA) is 104 Å². The van der Waals surface area contributed by atoms with Gasteiger partial charge < -0.3 is 5.32 Å². The molecule has 0 aliphatic heterocycles. The number of halogens is 1. The van der Waals surface area contributed by atoms with E-state index in [1.807, 2.05) is 13.0 Å². The summed E-state index contributed by atoms with van der Waals surface area (Å²) < 4.78 is 1.48. The first-order valence-electron chi connectivity index (χ1n) is 6.82. The molecule has 2 aromatic rings. The van der Waals surface area contributed by atoms with Crippen LogP contribution >= 0.6 is 23.4 Å². The predicted octanol–water partition coefficient (Wildman–Crippen LogP) is 2.24. The standard InChI is InChI=1S/C14H14ClN5O2S/c1-2-5-20-13(22)18-19-14(20)23-8-12(21)17-11-6-10(15)4-3-9(11)7-16/h3-4,6H,2,5,8H2,1H3,(H,17,21)(H,18,22). The number of carbonyl (C=O) groups is 1. The Kier molecular flexibility index (Phi) is 5.84. The van der Waals surface area contributed by atoms with E-state index in [4.69, 9.17) is 16.9 Å². The summed E-state index contributed by atoms with van der Waals surface area (Å²) in [6.07, 6.45) is 0.785. The van der Waals surface area contributed by atoms with Crippen LogP contribution in [0.5, 0.6) is 0 Å². The van der Waals surface area contributed by atoms with Crippen molar-refractivity contribution < 1.29 is 4.79 Å². The summed E-state index contributed by atoms with van der Waals surface area (Å²) in [4.78, 5) is 23.6. The number of amides is 1. The summed E-state index contributed by atoms with van der Waals surface area (Å²) in [5, 5.41) is 18.8. The van der Waals surface area contributed by atoms with Crippen molar-refractivity contribution in [2.45, 2.75) is 25.0 Å².